The molecule has 2 amide bonds. The van der Waals surface area contributed by atoms with Gasteiger partial charge in [-0.25, -0.2) is 0 Å². The number of pyridine rings is 1. The van der Waals surface area contributed by atoms with E-state index in [0.29, 0.717) is 12.1 Å². The molecule has 5 nitrogen and oxygen atoms in total. The number of rotatable bonds is 6. The van der Waals surface area contributed by atoms with Crippen LogP contribution < -0.4 is 10.6 Å². The second-order valence-electron chi connectivity index (χ2n) is 5.39. The third-order valence-electron chi connectivity index (χ3n) is 3.58. The van der Waals surface area contributed by atoms with Gasteiger partial charge in [-0.2, -0.15) is 11.3 Å². The molecule has 25 heavy (non-hydrogen) atoms. The number of aromatic nitrogens is 1. The molecule has 0 aliphatic heterocycles. The average Bonchev–Trinajstić information content (AvgIpc) is 3.20. The van der Waals surface area contributed by atoms with Crippen molar-refractivity contribution in [3.05, 3.63) is 76.6 Å². The van der Waals surface area contributed by atoms with Gasteiger partial charge in [0.15, 0.2) is 0 Å². The van der Waals surface area contributed by atoms with Crippen molar-refractivity contribution in [2.45, 2.75) is 6.54 Å². The summed E-state index contributed by atoms with van der Waals surface area (Å²) in [5.41, 5.74) is 3.43. The van der Waals surface area contributed by atoms with Gasteiger partial charge in [-0.15, -0.1) is 0 Å². The minimum Gasteiger partial charge on any atom is -0.350 e. The van der Waals surface area contributed by atoms with E-state index in [2.05, 4.69) is 15.6 Å². The lowest BCUT2D eigenvalue weighted by atomic mass is 10.1. The lowest BCUT2D eigenvalue weighted by molar-refractivity contribution is -0.120. The molecule has 0 fully saturated rings. The molecule has 0 saturated heterocycles. The summed E-state index contributed by atoms with van der Waals surface area (Å²) in [5, 5.41) is 9.44. The monoisotopic (exact) mass is 351 g/mol. The first-order valence-electron chi connectivity index (χ1n) is 7.80. The zero-order chi connectivity index (χ0) is 17.5. The van der Waals surface area contributed by atoms with E-state index in [0.717, 1.165) is 16.8 Å². The van der Waals surface area contributed by atoms with Gasteiger partial charge in [-0.1, -0.05) is 18.2 Å². The number of nitrogens with zero attached hydrogens (tertiary/aromatic N) is 1. The summed E-state index contributed by atoms with van der Waals surface area (Å²) in [4.78, 5) is 28.2. The first kappa shape index (κ1) is 16.9. The van der Waals surface area contributed by atoms with E-state index in [-0.39, 0.29) is 18.4 Å². The molecule has 0 unspecified atom stereocenters. The Bertz CT molecular complexity index is 848. The standard InChI is InChI=1S/C19H17N3O2S/c23-18(12-22-19(24)15-4-2-1-3-5-15)21-11-14-6-8-20-17(10-14)16-7-9-25-13-16/h1-10,13H,11-12H2,(H,21,23)(H,22,24). The fourth-order valence-corrected chi connectivity index (χ4v) is 2.92. The third-order valence-corrected chi connectivity index (χ3v) is 4.26. The zero-order valence-electron chi connectivity index (χ0n) is 13.4. The molecule has 126 valence electrons. The van der Waals surface area contributed by atoms with Crippen LogP contribution >= 0.6 is 11.3 Å². The second kappa shape index (κ2) is 8.21. The highest BCUT2D eigenvalue weighted by Gasteiger charge is 2.08. The molecule has 0 saturated carbocycles. The van der Waals surface area contributed by atoms with Gasteiger partial charge in [0, 0.05) is 29.2 Å². The van der Waals surface area contributed by atoms with Crippen LogP contribution in [0.3, 0.4) is 0 Å². The van der Waals surface area contributed by atoms with Crippen LogP contribution in [0.5, 0.6) is 0 Å². The number of hydrogen-bond donors (Lipinski definition) is 2. The van der Waals surface area contributed by atoms with Gasteiger partial charge in [-0.3, -0.25) is 14.6 Å². The molecule has 3 rings (SSSR count). The molecular formula is C19H17N3O2S. The fraction of sp³-hybridized carbons (Fsp3) is 0.105. The number of amides is 2. The molecule has 0 bridgehead atoms. The lowest BCUT2D eigenvalue weighted by Crippen LogP contribution is -2.36. The summed E-state index contributed by atoms with van der Waals surface area (Å²) >= 11 is 1.62. The normalized spacial score (nSPS) is 10.2. The van der Waals surface area contributed by atoms with Crippen molar-refractivity contribution >= 4 is 23.2 Å². The van der Waals surface area contributed by atoms with Crippen LogP contribution in [-0.2, 0) is 11.3 Å². The van der Waals surface area contributed by atoms with E-state index in [1.165, 1.54) is 0 Å². The first-order valence-corrected chi connectivity index (χ1v) is 8.74. The molecule has 0 radical (unpaired) electrons. The Morgan fingerprint density at radius 3 is 2.64 bits per heavy atom. The maximum absolute atomic E-state index is 11.9. The van der Waals surface area contributed by atoms with E-state index < -0.39 is 0 Å². The van der Waals surface area contributed by atoms with E-state index in [1.807, 2.05) is 35.0 Å². The molecule has 1 aromatic carbocycles. The number of carbonyl (C=O) groups is 2. The smallest absolute Gasteiger partial charge is 0.251 e. The largest absolute Gasteiger partial charge is 0.350 e. The van der Waals surface area contributed by atoms with Crippen molar-refractivity contribution in [3.8, 4) is 11.3 Å². The summed E-state index contributed by atoms with van der Waals surface area (Å²) in [6.45, 7) is 0.329. The Morgan fingerprint density at radius 2 is 1.88 bits per heavy atom. The topological polar surface area (TPSA) is 71.1 Å². The SMILES string of the molecule is O=C(CNC(=O)c1ccccc1)NCc1ccnc(-c2ccsc2)c1. The van der Waals surface area contributed by atoms with E-state index >= 15 is 0 Å². The number of thiophene rings is 1. The Hall–Kier alpha value is -2.99. The highest BCUT2D eigenvalue weighted by atomic mass is 32.1. The Balaban J connectivity index is 1.49. The molecule has 2 N–H and O–H groups in total. The molecule has 0 spiro atoms. The Labute approximate surface area is 149 Å². The predicted molar refractivity (Wildman–Crippen MR) is 98.2 cm³/mol. The second-order valence-corrected chi connectivity index (χ2v) is 6.17. The maximum Gasteiger partial charge on any atom is 0.251 e. The number of nitrogens with one attached hydrogen (secondary N) is 2. The van der Waals surface area contributed by atoms with Crippen LogP contribution in [0.4, 0.5) is 0 Å². The Morgan fingerprint density at radius 1 is 1.04 bits per heavy atom. The highest BCUT2D eigenvalue weighted by molar-refractivity contribution is 7.08. The minimum absolute atomic E-state index is 0.0593. The van der Waals surface area contributed by atoms with E-state index in [9.17, 15) is 9.59 Å². The number of hydrogen-bond acceptors (Lipinski definition) is 4. The van der Waals surface area contributed by atoms with Crippen LogP contribution in [0.1, 0.15) is 15.9 Å². The van der Waals surface area contributed by atoms with Crippen molar-refractivity contribution in [3.63, 3.8) is 0 Å². The van der Waals surface area contributed by atoms with E-state index in [1.54, 1.807) is 41.8 Å². The van der Waals surface area contributed by atoms with Crippen molar-refractivity contribution in [2.75, 3.05) is 6.54 Å². The highest BCUT2D eigenvalue weighted by Crippen LogP contribution is 2.20. The number of benzene rings is 1. The summed E-state index contributed by atoms with van der Waals surface area (Å²) in [6, 6.07) is 14.6. The van der Waals surface area contributed by atoms with Gasteiger partial charge in [-0.05, 0) is 41.3 Å². The van der Waals surface area contributed by atoms with E-state index in [4.69, 9.17) is 0 Å². The summed E-state index contributed by atoms with van der Waals surface area (Å²) in [6.07, 6.45) is 1.73. The average molecular weight is 351 g/mol. The van der Waals surface area contributed by atoms with Gasteiger partial charge in [0.05, 0.1) is 12.2 Å². The molecule has 0 aliphatic rings. The maximum atomic E-state index is 11.9. The molecule has 0 atom stereocenters. The van der Waals surface area contributed by atoms with Gasteiger partial charge in [0.1, 0.15) is 0 Å². The molecule has 3 aromatic rings. The number of carbonyl (C=O) groups excluding carboxylic acids is 2. The predicted octanol–water partition coefficient (Wildman–Crippen LogP) is 2.86. The quantitative estimate of drug-likeness (QED) is 0.717. The van der Waals surface area contributed by atoms with Gasteiger partial charge in [0.25, 0.3) is 5.91 Å². The van der Waals surface area contributed by atoms with Crippen molar-refractivity contribution in [1.29, 1.82) is 0 Å². The summed E-state index contributed by atoms with van der Waals surface area (Å²) in [5.74, 6) is -0.502. The van der Waals surface area contributed by atoms with Crippen molar-refractivity contribution in [1.82, 2.24) is 15.6 Å². The lowest BCUT2D eigenvalue weighted by Gasteiger charge is -2.08. The van der Waals surface area contributed by atoms with Gasteiger partial charge in [0.2, 0.25) is 5.91 Å². The first-order chi connectivity index (χ1) is 12.2. The fourth-order valence-electron chi connectivity index (χ4n) is 2.27. The van der Waals surface area contributed by atoms with Gasteiger partial charge >= 0.3 is 0 Å². The van der Waals surface area contributed by atoms with Crippen molar-refractivity contribution < 1.29 is 9.59 Å². The minimum atomic E-state index is -0.264. The van der Waals surface area contributed by atoms with Crippen LogP contribution in [0.2, 0.25) is 0 Å². The van der Waals surface area contributed by atoms with Crippen LogP contribution in [0.25, 0.3) is 11.3 Å². The van der Waals surface area contributed by atoms with Gasteiger partial charge < -0.3 is 10.6 Å². The van der Waals surface area contributed by atoms with Crippen molar-refractivity contribution in [2.24, 2.45) is 0 Å². The van der Waals surface area contributed by atoms with Crippen LogP contribution in [0.15, 0.2) is 65.5 Å². The third kappa shape index (κ3) is 4.74. The van der Waals surface area contributed by atoms with Crippen LogP contribution in [-0.4, -0.2) is 23.3 Å². The summed E-state index contributed by atoms with van der Waals surface area (Å²) in [7, 11) is 0. The molecule has 6 heteroatoms. The molecule has 0 aliphatic carbocycles. The Kier molecular flexibility index (Phi) is 5.53. The molecule has 2 aromatic heterocycles. The summed E-state index contributed by atoms with van der Waals surface area (Å²) < 4.78 is 0. The molecular weight excluding hydrogens is 334 g/mol. The molecule has 2 heterocycles. The van der Waals surface area contributed by atoms with Crippen LogP contribution in [0, 0.1) is 0 Å². The zero-order valence-corrected chi connectivity index (χ0v) is 14.3.